The molecule has 0 aromatic heterocycles. The predicted molar refractivity (Wildman–Crippen MR) is 139 cm³/mol. The summed E-state index contributed by atoms with van der Waals surface area (Å²) in [5.41, 5.74) is -0.336. The molecule has 0 radical (unpaired) electrons. The topological polar surface area (TPSA) is 127 Å². The van der Waals surface area contributed by atoms with Crippen molar-refractivity contribution in [2.75, 3.05) is 0 Å². The van der Waals surface area contributed by atoms with Gasteiger partial charge in [0, 0.05) is 22.3 Å². The van der Waals surface area contributed by atoms with Gasteiger partial charge in [-0.05, 0) is 63.8 Å². The van der Waals surface area contributed by atoms with Gasteiger partial charge in [-0.3, -0.25) is 9.59 Å². The molecule has 0 atom stereocenters. The lowest BCUT2D eigenvalue weighted by Gasteiger charge is -2.17. The molecule has 2 aromatic rings. The third-order valence-electron chi connectivity index (χ3n) is 5.90. The summed E-state index contributed by atoms with van der Waals surface area (Å²) in [5, 5.41) is 19.9. The van der Waals surface area contributed by atoms with Crippen LogP contribution in [-0.4, -0.2) is 44.9 Å². The van der Waals surface area contributed by atoms with Gasteiger partial charge in [0.05, 0.1) is 0 Å². The molecule has 2 aromatic carbocycles. The van der Waals surface area contributed by atoms with E-state index in [-0.39, 0.29) is 13.2 Å². The fourth-order valence-electron chi connectivity index (χ4n) is 3.77. The number of allylic oxidation sites excluding steroid dienone is 2. The van der Waals surface area contributed by atoms with Crippen LogP contribution < -0.4 is 0 Å². The molecule has 8 heteroatoms. The second-order valence-electron chi connectivity index (χ2n) is 10.2. The fraction of sp³-hybridized carbons (Fsp3) is 0.333. The first-order valence-electron chi connectivity index (χ1n) is 12.2. The zero-order chi connectivity index (χ0) is 28.1. The van der Waals surface area contributed by atoms with Gasteiger partial charge in [-0.2, -0.15) is 0 Å². The summed E-state index contributed by atoms with van der Waals surface area (Å²) in [5.74, 6) is -1.91. The maximum Gasteiger partial charge on any atom is 0.334 e. The van der Waals surface area contributed by atoms with Crippen LogP contribution in [0, 0.1) is 0 Å². The van der Waals surface area contributed by atoms with Gasteiger partial charge in [0.2, 0.25) is 0 Å². The number of benzene rings is 2. The predicted octanol–water partition coefficient (Wildman–Crippen LogP) is 4.03. The van der Waals surface area contributed by atoms with Crippen molar-refractivity contribution >= 4 is 23.5 Å². The summed E-state index contributed by atoms with van der Waals surface area (Å²) >= 11 is 0. The van der Waals surface area contributed by atoms with Crippen molar-refractivity contribution in [1.29, 1.82) is 0 Å². The van der Waals surface area contributed by atoms with Crippen molar-refractivity contribution in [3.05, 3.63) is 94.1 Å². The summed E-state index contributed by atoms with van der Waals surface area (Å²) in [7, 11) is 0. The highest BCUT2D eigenvalue weighted by Crippen LogP contribution is 2.22. The molecule has 38 heavy (non-hydrogen) atoms. The lowest BCUT2D eigenvalue weighted by atomic mass is 9.96. The number of hydrogen-bond donors (Lipinski definition) is 2. The second kappa shape index (κ2) is 11.7. The minimum Gasteiger partial charge on any atom is -0.457 e. The van der Waals surface area contributed by atoms with Gasteiger partial charge in [0.1, 0.15) is 24.4 Å². The van der Waals surface area contributed by atoms with Crippen LogP contribution in [0.2, 0.25) is 0 Å². The smallest absolute Gasteiger partial charge is 0.334 e. The van der Waals surface area contributed by atoms with Crippen LogP contribution in [0.15, 0.2) is 71.8 Å². The van der Waals surface area contributed by atoms with Crippen LogP contribution in [0.3, 0.4) is 0 Å². The largest absolute Gasteiger partial charge is 0.457 e. The molecule has 200 valence electrons. The molecule has 0 aliphatic heterocycles. The third-order valence-corrected chi connectivity index (χ3v) is 5.90. The number of carbonyl (C=O) groups excluding carboxylic acids is 4. The van der Waals surface area contributed by atoms with Gasteiger partial charge >= 0.3 is 11.9 Å². The summed E-state index contributed by atoms with van der Waals surface area (Å²) in [6.45, 7) is 5.56. The van der Waals surface area contributed by atoms with E-state index in [0.717, 1.165) is 0 Å². The number of esters is 2. The van der Waals surface area contributed by atoms with Gasteiger partial charge < -0.3 is 19.7 Å². The molecule has 3 rings (SSSR count). The molecule has 1 aliphatic carbocycles. The van der Waals surface area contributed by atoms with Gasteiger partial charge in [-0.1, -0.05) is 48.6 Å². The van der Waals surface area contributed by atoms with E-state index >= 15 is 0 Å². The van der Waals surface area contributed by atoms with E-state index in [1.54, 1.807) is 48.5 Å². The summed E-state index contributed by atoms with van der Waals surface area (Å²) < 4.78 is 10.7. The lowest BCUT2D eigenvalue weighted by molar-refractivity contribution is -0.142. The molecular formula is C30H32O8. The van der Waals surface area contributed by atoms with E-state index in [1.807, 2.05) is 0 Å². The van der Waals surface area contributed by atoms with E-state index in [0.29, 0.717) is 46.2 Å². The maximum atomic E-state index is 12.5. The normalized spacial score (nSPS) is 13.7. The van der Waals surface area contributed by atoms with Gasteiger partial charge in [-0.15, -0.1) is 0 Å². The van der Waals surface area contributed by atoms with Crippen LogP contribution in [-0.2, 0) is 32.3 Å². The molecule has 0 spiro atoms. The molecule has 8 nitrogen and oxygen atoms in total. The van der Waals surface area contributed by atoms with E-state index in [4.69, 9.17) is 9.47 Å². The average Bonchev–Trinajstić information content (AvgIpc) is 2.88. The first-order valence-corrected chi connectivity index (χ1v) is 12.2. The number of aliphatic hydroxyl groups is 2. The van der Waals surface area contributed by atoms with Crippen LogP contribution in [0.4, 0.5) is 0 Å². The SMILES string of the molecule is CC(C)(O)C(=O)c1cccc(COC(=O)C2=CC=C(C(=O)OCc3cccc(C(=O)C(C)(C)O)c3)CC2)c1. The molecular weight excluding hydrogens is 488 g/mol. The van der Waals surface area contributed by atoms with E-state index in [2.05, 4.69) is 0 Å². The molecule has 0 saturated heterocycles. The van der Waals surface area contributed by atoms with E-state index < -0.39 is 34.7 Å². The van der Waals surface area contributed by atoms with Crippen molar-refractivity contribution in [1.82, 2.24) is 0 Å². The zero-order valence-corrected chi connectivity index (χ0v) is 21.9. The summed E-state index contributed by atoms with van der Waals surface area (Å²) in [4.78, 5) is 49.5. The first kappa shape index (κ1) is 28.7. The lowest BCUT2D eigenvalue weighted by Crippen LogP contribution is -2.31. The van der Waals surface area contributed by atoms with Crippen molar-refractivity contribution in [3.8, 4) is 0 Å². The number of Topliss-reactive ketones (excluding diaryl/α,β-unsaturated/α-hetero) is 2. The van der Waals surface area contributed by atoms with E-state index in [1.165, 1.54) is 39.8 Å². The Bertz CT molecular complexity index is 1200. The Morgan fingerprint density at radius 3 is 1.37 bits per heavy atom. The quantitative estimate of drug-likeness (QED) is 0.355. The average molecular weight is 521 g/mol. The molecule has 1 aliphatic rings. The molecule has 0 fully saturated rings. The monoisotopic (exact) mass is 520 g/mol. The van der Waals surface area contributed by atoms with Crippen molar-refractivity contribution < 1.29 is 38.9 Å². The molecule has 0 heterocycles. The molecule has 0 bridgehead atoms. The zero-order valence-electron chi connectivity index (χ0n) is 21.9. The van der Waals surface area contributed by atoms with Gasteiger partial charge in [-0.25, -0.2) is 9.59 Å². The Labute approximate surface area is 221 Å². The third kappa shape index (κ3) is 7.57. The molecule has 0 unspecified atom stereocenters. The van der Waals surface area contributed by atoms with Crippen LogP contribution >= 0.6 is 0 Å². The van der Waals surface area contributed by atoms with Crippen LogP contribution in [0.1, 0.15) is 72.4 Å². The number of hydrogen-bond acceptors (Lipinski definition) is 8. The van der Waals surface area contributed by atoms with Crippen LogP contribution in [0.5, 0.6) is 0 Å². The number of carbonyl (C=O) groups is 4. The van der Waals surface area contributed by atoms with Gasteiger partial charge in [0.15, 0.2) is 11.6 Å². The second-order valence-corrected chi connectivity index (χ2v) is 10.2. The fourth-order valence-corrected chi connectivity index (χ4v) is 3.77. The summed E-state index contributed by atoms with van der Waals surface area (Å²) in [6.07, 6.45) is 3.65. The maximum absolute atomic E-state index is 12.5. The molecule has 0 saturated carbocycles. The number of rotatable bonds is 10. The minimum atomic E-state index is -1.51. The van der Waals surface area contributed by atoms with Crippen molar-refractivity contribution in [2.45, 2.75) is 65.0 Å². The Balaban J connectivity index is 1.55. The Kier molecular flexibility index (Phi) is 8.81. The highest BCUT2D eigenvalue weighted by atomic mass is 16.5. The minimum absolute atomic E-state index is 0.0448. The first-order chi connectivity index (χ1) is 17.8. The number of ether oxygens (including phenoxy) is 2. The van der Waals surface area contributed by atoms with Crippen LogP contribution in [0.25, 0.3) is 0 Å². The highest BCUT2D eigenvalue weighted by molar-refractivity contribution is 6.02. The van der Waals surface area contributed by atoms with E-state index in [9.17, 15) is 29.4 Å². The Morgan fingerprint density at radius 1 is 0.684 bits per heavy atom. The van der Waals surface area contributed by atoms with Gasteiger partial charge in [0.25, 0.3) is 0 Å². The van der Waals surface area contributed by atoms with Crippen molar-refractivity contribution in [3.63, 3.8) is 0 Å². The Morgan fingerprint density at radius 2 is 1.05 bits per heavy atom. The number of ketones is 2. The summed E-state index contributed by atoms with van der Waals surface area (Å²) in [6, 6.07) is 13.1. The highest BCUT2D eigenvalue weighted by Gasteiger charge is 2.26. The standard InChI is InChI=1S/C30H32O8/c1-29(2,35)25(31)23-9-5-7-19(15-23)17-37-27(33)21-11-13-22(14-12-21)28(34)38-18-20-8-6-10-24(16-20)26(32)30(3,4)36/h5-11,13,15-16,35-36H,12,14,17-18H2,1-4H3. The Hall–Kier alpha value is -3.88. The molecule has 0 amide bonds. The van der Waals surface area contributed by atoms with Crippen molar-refractivity contribution in [2.24, 2.45) is 0 Å². The molecule has 2 N–H and O–H groups in total.